The first-order chi connectivity index (χ1) is 13.3. The molecule has 3 aromatic rings. The summed E-state index contributed by atoms with van der Waals surface area (Å²) < 4.78 is 40.7. The summed E-state index contributed by atoms with van der Waals surface area (Å²) in [7, 11) is 0. The second kappa shape index (κ2) is 7.87. The summed E-state index contributed by atoms with van der Waals surface area (Å²) in [5.74, 6) is -0.0957. The lowest BCUT2D eigenvalue weighted by atomic mass is 10.1. The van der Waals surface area contributed by atoms with Crippen molar-refractivity contribution in [1.29, 1.82) is 0 Å². The third-order valence-corrected chi connectivity index (χ3v) is 4.53. The number of amides is 1. The van der Waals surface area contributed by atoms with Crippen LogP contribution in [0.5, 0.6) is 0 Å². The van der Waals surface area contributed by atoms with Crippen molar-refractivity contribution in [2.24, 2.45) is 0 Å². The lowest BCUT2D eigenvalue weighted by Gasteiger charge is -2.11. The Labute approximate surface area is 171 Å². The summed E-state index contributed by atoms with van der Waals surface area (Å²) in [6, 6.07) is 11.5. The van der Waals surface area contributed by atoms with E-state index in [2.05, 4.69) is 15.4 Å². The normalized spacial score (nSPS) is 13.7. The molecule has 0 aliphatic heterocycles. The average Bonchev–Trinajstić information content (AvgIpc) is 3.39. The summed E-state index contributed by atoms with van der Waals surface area (Å²) in [5.41, 5.74) is 2.15. The Hall–Kier alpha value is -2.87. The van der Waals surface area contributed by atoms with E-state index in [4.69, 9.17) is 0 Å². The Balaban J connectivity index is 0.00000240. The number of benzene rings is 1. The van der Waals surface area contributed by atoms with Gasteiger partial charge in [-0.25, -0.2) is 4.68 Å². The zero-order valence-electron chi connectivity index (χ0n) is 15.4. The van der Waals surface area contributed by atoms with Gasteiger partial charge in [0.25, 0.3) is 0 Å². The standard InChI is InChI=1S/C20H17F3N4O.ClH/c1-12(28)25-16-3-2-10-24-19(16)14-6-8-15(9-7-14)27-17(13-4-5-13)11-18(26-27)20(21,22)23;/h2-3,6-11,13H,4-5H2,1H3,(H,25,28);1H. The summed E-state index contributed by atoms with van der Waals surface area (Å²) in [5, 5.41) is 6.52. The van der Waals surface area contributed by atoms with E-state index in [1.54, 1.807) is 42.6 Å². The molecule has 0 radical (unpaired) electrons. The summed E-state index contributed by atoms with van der Waals surface area (Å²) in [4.78, 5) is 15.7. The van der Waals surface area contributed by atoms with Gasteiger partial charge in [-0.05, 0) is 43.2 Å². The van der Waals surface area contributed by atoms with Crippen LogP contribution in [0.25, 0.3) is 16.9 Å². The quantitative estimate of drug-likeness (QED) is 0.627. The van der Waals surface area contributed by atoms with Gasteiger partial charge >= 0.3 is 6.18 Å². The topological polar surface area (TPSA) is 59.8 Å². The third kappa shape index (κ3) is 4.42. The molecule has 29 heavy (non-hydrogen) atoms. The maximum Gasteiger partial charge on any atom is 0.435 e. The van der Waals surface area contributed by atoms with E-state index in [9.17, 15) is 18.0 Å². The average molecular weight is 423 g/mol. The lowest BCUT2D eigenvalue weighted by molar-refractivity contribution is -0.141. The molecule has 0 spiro atoms. The first kappa shape index (κ1) is 20.9. The molecule has 1 aliphatic carbocycles. The van der Waals surface area contributed by atoms with E-state index in [1.807, 2.05) is 0 Å². The van der Waals surface area contributed by atoms with E-state index >= 15 is 0 Å². The molecular formula is C20H18ClF3N4O. The third-order valence-electron chi connectivity index (χ3n) is 4.53. The number of pyridine rings is 1. The van der Waals surface area contributed by atoms with E-state index in [-0.39, 0.29) is 24.2 Å². The zero-order valence-corrected chi connectivity index (χ0v) is 16.2. The Morgan fingerprint density at radius 3 is 2.45 bits per heavy atom. The van der Waals surface area contributed by atoms with Crippen LogP contribution in [0.2, 0.25) is 0 Å². The zero-order chi connectivity index (χ0) is 19.9. The Kier molecular flexibility index (Phi) is 5.66. The van der Waals surface area contributed by atoms with Crippen molar-refractivity contribution in [1.82, 2.24) is 14.8 Å². The predicted octanol–water partition coefficient (Wildman–Crippen LogP) is 5.21. The summed E-state index contributed by atoms with van der Waals surface area (Å²) in [6.45, 7) is 1.41. The molecule has 0 bridgehead atoms. The van der Waals surface area contributed by atoms with Crippen LogP contribution >= 0.6 is 12.4 Å². The highest BCUT2D eigenvalue weighted by atomic mass is 35.5. The Morgan fingerprint density at radius 1 is 1.17 bits per heavy atom. The van der Waals surface area contributed by atoms with Gasteiger partial charge < -0.3 is 5.32 Å². The van der Waals surface area contributed by atoms with Crippen LogP contribution in [0.3, 0.4) is 0 Å². The highest BCUT2D eigenvalue weighted by Crippen LogP contribution is 2.43. The van der Waals surface area contributed by atoms with Crippen LogP contribution in [0.15, 0.2) is 48.7 Å². The molecule has 1 N–H and O–H groups in total. The van der Waals surface area contributed by atoms with Gasteiger partial charge in [-0.2, -0.15) is 18.3 Å². The van der Waals surface area contributed by atoms with Gasteiger partial charge in [-0.3, -0.25) is 9.78 Å². The highest BCUT2D eigenvalue weighted by Gasteiger charge is 2.38. The van der Waals surface area contributed by atoms with E-state index in [1.165, 1.54) is 11.6 Å². The van der Waals surface area contributed by atoms with Crippen LogP contribution in [0.4, 0.5) is 18.9 Å². The van der Waals surface area contributed by atoms with Gasteiger partial charge in [0.2, 0.25) is 5.91 Å². The second-order valence-electron chi connectivity index (χ2n) is 6.77. The van der Waals surface area contributed by atoms with E-state index < -0.39 is 11.9 Å². The molecule has 2 heterocycles. The number of anilines is 1. The molecule has 5 nitrogen and oxygen atoms in total. The molecule has 0 unspecified atom stereocenters. The minimum absolute atomic E-state index is 0. The highest BCUT2D eigenvalue weighted by molar-refractivity contribution is 5.93. The van der Waals surface area contributed by atoms with Crippen molar-refractivity contribution in [3.63, 3.8) is 0 Å². The largest absolute Gasteiger partial charge is 0.435 e. The van der Waals surface area contributed by atoms with Crippen LogP contribution < -0.4 is 5.32 Å². The smallest absolute Gasteiger partial charge is 0.324 e. The van der Waals surface area contributed by atoms with Gasteiger partial charge in [0.05, 0.1) is 17.1 Å². The minimum Gasteiger partial charge on any atom is -0.324 e. The van der Waals surface area contributed by atoms with Crippen LogP contribution in [0.1, 0.15) is 37.1 Å². The van der Waals surface area contributed by atoms with Gasteiger partial charge in [0, 0.05) is 30.3 Å². The van der Waals surface area contributed by atoms with Gasteiger partial charge in [0.15, 0.2) is 5.69 Å². The van der Waals surface area contributed by atoms with Crippen LogP contribution in [-0.2, 0) is 11.0 Å². The van der Waals surface area contributed by atoms with Crippen molar-refractivity contribution in [2.45, 2.75) is 31.9 Å². The van der Waals surface area contributed by atoms with Crippen LogP contribution in [0, 0.1) is 0 Å². The molecule has 0 saturated heterocycles. The van der Waals surface area contributed by atoms with E-state index in [0.717, 1.165) is 24.5 Å². The lowest BCUT2D eigenvalue weighted by Crippen LogP contribution is -2.08. The molecule has 1 amide bonds. The number of aromatic nitrogens is 3. The fourth-order valence-corrected chi connectivity index (χ4v) is 3.10. The number of nitrogens with zero attached hydrogens (tertiary/aromatic N) is 3. The van der Waals surface area contributed by atoms with Crippen LogP contribution in [-0.4, -0.2) is 20.7 Å². The molecule has 9 heteroatoms. The van der Waals surface area contributed by atoms with Crippen molar-refractivity contribution in [3.05, 3.63) is 60.0 Å². The van der Waals surface area contributed by atoms with Crippen molar-refractivity contribution >= 4 is 24.0 Å². The van der Waals surface area contributed by atoms with Crippen molar-refractivity contribution < 1.29 is 18.0 Å². The first-order valence-corrected chi connectivity index (χ1v) is 8.83. The molecule has 2 aromatic heterocycles. The second-order valence-corrected chi connectivity index (χ2v) is 6.77. The molecule has 1 aliphatic rings. The number of carbonyl (C=O) groups excluding carboxylic acids is 1. The maximum atomic E-state index is 13.1. The molecule has 1 fully saturated rings. The van der Waals surface area contributed by atoms with Crippen molar-refractivity contribution in [3.8, 4) is 16.9 Å². The van der Waals surface area contributed by atoms with E-state index in [0.29, 0.717) is 22.8 Å². The maximum absolute atomic E-state index is 13.1. The van der Waals surface area contributed by atoms with Crippen molar-refractivity contribution in [2.75, 3.05) is 5.32 Å². The fraction of sp³-hybridized carbons (Fsp3) is 0.250. The number of hydrogen-bond donors (Lipinski definition) is 1. The predicted molar refractivity (Wildman–Crippen MR) is 105 cm³/mol. The Bertz CT molecular complexity index is 1030. The molecule has 1 saturated carbocycles. The fourth-order valence-electron chi connectivity index (χ4n) is 3.10. The molecular weight excluding hydrogens is 405 g/mol. The monoisotopic (exact) mass is 422 g/mol. The molecule has 152 valence electrons. The Morgan fingerprint density at radius 2 is 1.86 bits per heavy atom. The minimum atomic E-state index is -4.48. The number of alkyl halides is 3. The van der Waals surface area contributed by atoms with Gasteiger partial charge in [-0.1, -0.05) is 12.1 Å². The summed E-state index contributed by atoms with van der Waals surface area (Å²) in [6.07, 6.45) is -1.12. The number of rotatable bonds is 4. The molecule has 0 atom stereocenters. The number of carbonyl (C=O) groups is 1. The molecule has 4 rings (SSSR count). The molecule has 1 aromatic carbocycles. The van der Waals surface area contributed by atoms with Gasteiger partial charge in [-0.15, -0.1) is 12.4 Å². The summed E-state index contributed by atoms with van der Waals surface area (Å²) >= 11 is 0. The SMILES string of the molecule is CC(=O)Nc1cccnc1-c1ccc(-n2nc(C(F)(F)F)cc2C2CC2)cc1.Cl. The van der Waals surface area contributed by atoms with Gasteiger partial charge in [0.1, 0.15) is 0 Å². The number of nitrogens with one attached hydrogen (secondary N) is 1. The number of hydrogen-bond acceptors (Lipinski definition) is 3. The number of halogens is 4. The first-order valence-electron chi connectivity index (χ1n) is 8.83.